The van der Waals surface area contributed by atoms with Gasteiger partial charge in [-0.15, -0.1) is 5.10 Å². The lowest BCUT2D eigenvalue weighted by molar-refractivity contribution is -0.192. The van der Waals surface area contributed by atoms with Gasteiger partial charge in [-0.25, -0.2) is 4.79 Å². The molecule has 2 aliphatic rings. The van der Waals surface area contributed by atoms with Crippen LogP contribution in [0.15, 0.2) is 30.6 Å². The van der Waals surface area contributed by atoms with E-state index in [9.17, 15) is 32.7 Å². The third-order valence-corrected chi connectivity index (χ3v) is 8.82. The number of hydrogen-bond acceptors (Lipinski definition) is 7. The molecule has 0 spiro atoms. The van der Waals surface area contributed by atoms with Gasteiger partial charge >= 0.3 is 18.1 Å². The molecule has 258 valence electrons. The van der Waals surface area contributed by atoms with E-state index in [-0.39, 0.29) is 17.7 Å². The molecule has 1 aliphatic heterocycles. The van der Waals surface area contributed by atoms with Gasteiger partial charge in [0.1, 0.15) is 12.4 Å². The van der Waals surface area contributed by atoms with Crippen molar-refractivity contribution in [3.05, 3.63) is 41.2 Å². The second-order valence-electron chi connectivity index (χ2n) is 11.7. The standard InChI is InChI=1S/C29H39ClN6O4.C2HF3O2/c1-2-20(29(39)40)10-6-16-31-28(38)27-24(21-8-4-3-5-9-21)11-7-17-35(27)26(37)15-12-22-18-23(30)13-14-25(22)36-19-32-33-34-36;3-2(4,5)1(6)7/h12-15,18-21,24,27H,2-11,16-17H2,1H3,(H,31,38)(H,39,40);(H,6,7). The smallest absolute Gasteiger partial charge is 0.481 e. The zero-order chi connectivity index (χ0) is 34.6. The Morgan fingerprint density at radius 2 is 1.81 bits per heavy atom. The lowest BCUT2D eigenvalue weighted by atomic mass is 9.72. The highest BCUT2D eigenvalue weighted by Crippen LogP contribution is 2.38. The number of amides is 2. The number of carboxylic acid groups (broad SMARTS) is 2. The molecule has 3 unspecified atom stereocenters. The van der Waals surface area contributed by atoms with Crippen molar-refractivity contribution in [1.29, 1.82) is 0 Å². The number of aromatic nitrogens is 4. The Hall–Kier alpha value is -4.01. The third kappa shape index (κ3) is 11.0. The Morgan fingerprint density at radius 3 is 2.40 bits per heavy atom. The molecule has 1 saturated carbocycles. The summed E-state index contributed by atoms with van der Waals surface area (Å²) in [6.45, 7) is 2.77. The number of rotatable bonds is 11. The summed E-state index contributed by atoms with van der Waals surface area (Å²) < 4.78 is 33.2. The molecular weight excluding hydrogens is 645 g/mol. The first kappa shape index (κ1) is 37.4. The van der Waals surface area contributed by atoms with Gasteiger partial charge in [0.05, 0.1) is 11.6 Å². The highest BCUT2D eigenvalue weighted by molar-refractivity contribution is 6.30. The van der Waals surface area contributed by atoms with Crippen LogP contribution in [0.3, 0.4) is 0 Å². The Kier molecular flexibility index (Phi) is 14.2. The second kappa shape index (κ2) is 17.8. The minimum Gasteiger partial charge on any atom is -0.481 e. The molecule has 4 rings (SSSR count). The Bertz CT molecular complexity index is 1380. The number of aliphatic carboxylic acids is 2. The van der Waals surface area contributed by atoms with E-state index in [4.69, 9.17) is 21.5 Å². The summed E-state index contributed by atoms with van der Waals surface area (Å²) in [6, 6.07) is 4.71. The van der Waals surface area contributed by atoms with Gasteiger partial charge < -0.3 is 20.4 Å². The molecule has 2 amide bonds. The number of carbonyl (C=O) groups is 4. The van der Waals surface area contributed by atoms with E-state index in [2.05, 4.69) is 20.8 Å². The zero-order valence-corrected chi connectivity index (χ0v) is 26.8. The first-order valence-electron chi connectivity index (χ1n) is 15.7. The van der Waals surface area contributed by atoms with E-state index in [1.54, 1.807) is 29.2 Å². The average Bonchev–Trinajstić information content (AvgIpc) is 3.58. The van der Waals surface area contributed by atoms with Gasteiger partial charge in [0.15, 0.2) is 0 Å². The summed E-state index contributed by atoms with van der Waals surface area (Å²) in [6.07, 6.45) is 8.73. The fourth-order valence-corrected chi connectivity index (χ4v) is 6.41. The molecule has 0 radical (unpaired) electrons. The van der Waals surface area contributed by atoms with Crippen LogP contribution in [0.5, 0.6) is 0 Å². The van der Waals surface area contributed by atoms with E-state index < -0.39 is 30.1 Å². The van der Waals surface area contributed by atoms with Gasteiger partial charge in [0, 0.05) is 29.8 Å². The Labute approximate surface area is 275 Å². The molecule has 1 aromatic heterocycles. The van der Waals surface area contributed by atoms with Crippen molar-refractivity contribution in [1.82, 2.24) is 30.4 Å². The molecule has 1 saturated heterocycles. The number of carboxylic acids is 2. The second-order valence-corrected chi connectivity index (χ2v) is 12.1. The Balaban J connectivity index is 0.000000771. The molecule has 3 N–H and O–H groups in total. The molecule has 47 heavy (non-hydrogen) atoms. The molecule has 1 aromatic carbocycles. The number of halogens is 4. The van der Waals surface area contributed by atoms with Crippen LogP contribution in [-0.2, 0) is 19.2 Å². The largest absolute Gasteiger partial charge is 0.490 e. The van der Waals surface area contributed by atoms with Gasteiger partial charge in [-0.3, -0.25) is 14.4 Å². The summed E-state index contributed by atoms with van der Waals surface area (Å²) in [4.78, 5) is 49.3. The maximum atomic E-state index is 13.7. The van der Waals surface area contributed by atoms with Crippen molar-refractivity contribution in [2.45, 2.75) is 83.4 Å². The molecule has 16 heteroatoms. The Morgan fingerprint density at radius 1 is 1.11 bits per heavy atom. The maximum Gasteiger partial charge on any atom is 0.490 e. The third-order valence-electron chi connectivity index (χ3n) is 8.59. The van der Waals surface area contributed by atoms with E-state index in [0.717, 1.165) is 38.5 Å². The molecule has 0 bridgehead atoms. The van der Waals surface area contributed by atoms with Crippen molar-refractivity contribution < 1.29 is 42.6 Å². The molecule has 2 heterocycles. The number of likely N-dealkylation sites (tertiary alicyclic amines) is 1. The highest BCUT2D eigenvalue weighted by Gasteiger charge is 2.42. The number of alkyl halides is 3. The summed E-state index contributed by atoms with van der Waals surface area (Å²) in [7, 11) is 0. The van der Waals surface area contributed by atoms with Crippen molar-refractivity contribution in [2.24, 2.45) is 17.8 Å². The molecular formula is C31H40ClF3N6O6. The average molecular weight is 685 g/mol. The van der Waals surface area contributed by atoms with Crippen LogP contribution in [0.4, 0.5) is 13.2 Å². The lowest BCUT2D eigenvalue weighted by Crippen LogP contribution is -2.57. The predicted molar refractivity (Wildman–Crippen MR) is 165 cm³/mol. The fraction of sp³-hybridized carbons (Fsp3) is 0.581. The van der Waals surface area contributed by atoms with Gasteiger partial charge in [0.25, 0.3) is 0 Å². The van der Waals surface area contributed by atoms with Gasteiger partial charge in [-0.1, -0.05) is 50.6 Å². The number of carbonyl (C=O) groups excluding carboxylic acids is 2. The van der Waals surface area contributed by atoms with Crippen molar-refractivity contribution in [3.63, 3.8) is 0 Å². The summed E-state index contributed by atoms with van der Waals surface area (Å²) in [5.41, 5.74) is 1.36. The number of benzene rings is 1. The molecule has 2 fully saturated rings. The maximum absolute atomic E-state index is 13.7. The lowest BCUT2D eigenvalue weighted by Gasteiger charge is -2.44. The molecule has 3 atom stereocenters. The predicted octanol–water partition coefficient (Wildman–Crippen LogP) is 5.16. The number of hydrogen-bond donors (Lipinski definition) is 3. The van der Waals surface area contributed by atoms with Crippen molar-refractivity contribution in [2.75, 3.05) is 13.1 Å². The topological polar surface area (TPSA) is 168 Å². The van der Waals surface area contributed by atoms with Crippen LogP contribution in [0.25, 0.3) is 11.8 Å². The first-order chi connectivity index (χ1) is 22.3. The first-order valence-corrected chi connectivity index (χ1v) is 16.0. The monoisotopic (exact) mass is 684 g/mol. The highest BCUT2D eigenvalue weighted by atomic mass is 35.5. The van der Waals surface area contributed by atoms with Crippen molar-refractivity contribution >= 4 is 41.4 Å². The fourth-order valence-electron chi connectivity index (χ4n) is 6.23. The van der Waals surface area contributed by atoms with Crippen LogP contribution in [0.2, 0.25) is 5.02 Å². The minimum atomic E-state index is -5.08. The van der Waals surface area contributed by atoms with Gasteiger partial charge in [-0.05, 0) is 78.6 Å². The van der Waals surface area contributed by atoms with Crippen LogP contribution in [-0.4, -0.2) is 84.4 Å². The van der Waals surface area contributed by atoms with E-state index >= 15 is 0 Å². The zero-order valence-electron chi connectivity index (χ0n) is 26.0. The van der Waals surface area contributed by atoms with Crippen LogP contribution < -0.4 is 5.32 Å². The summed E-state index contributed by atoms with van der Waals surface area (Å²) >= 11 is 6.24. The summed E-state index contributed by atoms with van der Waals surface area (Å²) in [5.74, 6) is -3.80. The minimum absolute atomic E-state index is 0.108. The summed E-state index contributed by atoms with van der Waals surface area (Å²) in [5, 5.41) is 31.3. The van der Waals surface area contributed by atoms with Gasteiger partial charge in [0.2, 0.25) is 11.8 Å². The van der Waals surface area contributed by atoms with Gasteiger partial charge in [-0.2, -0.15) is 17.9 Å². The molecule has 12 nitrogen and oxygen atoms in total. The van der Waals surface area contributed by atoms with Crippen molar-refractivity contribution in [3.8, 4) is 5.69 Å². The SMILES string of the molecule is CCC(CCCNC(=O)C1C(C2CCCCC2)CCCN1C(=O)C=Cc1cc(Cl)ccc1-n1cnnn1)C(=O)O.O=C(O)C(F)(F)F. The van der Waals surface area contributed by atoms with E-state index in [1.165, 1.54) is 23.5 Å². The quantitative estimate of drug-likeness (QED) is 0.214. The number of tetrazole rings is 1. The molecule has 1 aliphatic carbocycles. The normalized spacial score (nSPS) is 19.5. The number of piperidine rings is 1. The van der Waals surface area contributed by atoms with E-state index in [1.807, 2.05) is 6.92 Å². The molecule has 2 aromatic rings. The van der Waals surface area contributed by atoms with Crippen LogP contribution in [0, 0.1) is 17.8 Å². The van der Waals surface area contributed by atoms with Crippen LogP contribution in [0.1, 0.15) is 76.7 Å². The number of nitrogens with zero attached hydrogens (tertiary/aromatic N) is 5. The van der Waals surface area contributed by atoms with Crippen LogP contribution >= 0.6 is 11.6 Å². The number of nitrogens with one attached hydrogen (secondary N) is 1. The van der Waals surface area contributed by atoms with E-state index in [0.29, 0.717) is 54.5 Å².